The zero-order chi connectivity index (χ0) is 25.6. The Morgan fingerprint density at radius 2 is 1.68 bits per heavy atom. The number of anilines is 4. The number of fused-ring (bicyclic) bond motifs is 2. The van der Waals surface area contributed by atoms with E-state index in [-0.39, 0.29) is 44.5 Å². The first-order valence-corrected chi connectivity index (χ1v) is 12.3. The third kappa shape index (κ3) is 6.10. The van der Waals surface area contributed by atoms with Crippen LogP contribution < -0.4 is 20.4 Å². The van der Waals surface area contributed by atoms with Crippen molar-refractivity contribution in [3.05, 3.63) is 48.8 Å². The zero-order valence-corrected chi connectivity index (χ0v) is 20.3. The van der Waals surface area contributed by atoms with Crippen LogP contribution >= 0.6 is 0 Å². The number of urea groups is 1. The second kappa shape index (κ2) is 11.5. The van der Waals surface area contributed by atoms with E-state index in [0.717, 1.165) is 18.4 Å². The molecule has 37 heavy (non-hydrogen) atoms. The largest absolute Gasteiger partial charge is 0.395 e. The number of pyridine rings is 1. The highest BCUT2D eigenvalue weighted by molar-refractivity contribution is 5.99. The molecule has 2 saturated heterocycles. The summed E-state index contributed by atoms with van der Waals surface area (Å²) in [4.78, 5) is 34.3. The Balaban J connectivity index is 1.38. The lowest BCUT2D eigenvalue weighted by Gasteiger charge is -2.32. The minimum atomic E-state index is -0.379. The number of nitrogens with one attached hydrogen (secondary N) is 2. The molecule has 12 nitrogen and oxygen atoms in total. The summed E-state index contributed by atoms with van der Waals surface area (Å²) in [5.74, 6) is 1.39. The van der Waals surface area contributed by atoms with E-state index < -0.39 is 0 Å². The van der Waals surface area contributed by atoms with Gasteiger partial charge in [-0.2, -0.15) is 15.0 Å². The molecule has 1 aromatic carbocycles. The Labute approximate surface area is 214 Å². The predicted octanol–water partition coefficient (Wildman–Crippen LogP) is 1.74. The molecule has 0 saturated carbocycles. The first-order valence-electron chi connectivity index (χ1n) is 12.3. The topological polar surface area (TPSA) is 149 Å². The molecule has 2 aliphatic heterocycles. The molecule has 2 aromatic heterocycles. The van der Waals surface area contributed by atoms with Crippen LogP contribution in [0.4, 0.5) is 28.1 Å². The second-order valence-corrected chi connectivity index (χ2v) is 8.95. The number of aromatic nitrogens is 4. The summed E-state index contributed by atoms with van der Waals surface area (Å²) < 4.78 is 5.97. The minimum Gasteiger partial charge on any atom is -0.395 e. The molecule has 0 spiro atoms. The van der Waals surface area contributed by atoms with Gasteiger partial charge in [-0.3, -0.25) is 4.98 Å². The van der Waals surface area contributed by atoms with Gasteiger partial charge in [0.2, 0.25) is 11.9 Å². The number of benzene rings is 1. The van der Waals surface area contributed by atoms with Gasteiger partial charge in [0.05, 0.1) is 37.3 Å². The number of nitrogens with zero attached hydrogens (tertiary/aromatic N) is 6. The molecule has 5 rings (SSSR count). The number of aliphatic hydroxyl groups excluding tert-OH is 2. The van der Waals surface area contributed by atoms with Gasteiger partial charge < -0.3 is 35.4 Å². The standard InChI is InChI=1S/C25H30N8O4/c34-12-10-32(11-13-35)23-29-22(30-24(31-23)33-15-20-7-8-21(16-33)37-20)17-3-5-18(6-4-17)27-25(36)28-19-2-1-9-26-14-19/h1-6,9,14,20-21,34-35H,7-8,10-13,15-16H2,(H2,27,28,36). The quantitative estimate of drug-likeness (QED) is 0.338. The number of carbonyl (C=O) groups is 1. The Morgan fingerprint density at radius 1 is 0.973 bits per heavy atom. The maximum atomic E-state index is 12.3. The normalized spacial score (nSPS) is 18.5. The smallest absolute Gasteiger partial charge is 0.323 e. The highest BCUT2D eigenvalue weighted by Crippen LogP contribution is 2.30. The molecule has 4 N–H and O–H groups in total. The van der Waals surface area contributed by atoms with Crippen molar-refractivity contribution in [1.29, 1.82) is 0 Å². The van der Waals surface area contributed by atoms with Crippen LogP contribution in [0, 0.1) is 0 Å². The maximum Gasteiger partial charge on any atom is 0.323 e. The van der Waals surface area contributed by atoms with Crippen LogP contribution in [0.25, 0.3) is 11.4 Å². The lowest BCUT2D eigenvalue weighted by atomic mass is 10.2. The van der Waals surface area contributed by atoms with Gasteiger partial charge in [0.1, 0.15) is 0 Å². The van der Waals surface area contributed by atoms with Crippen molar-refractivity contribution >= 4 is 29.3 Å². The number of rotatable bonds is 9. The zero-order valence-electron chi connectivity index (χ0n) is 20.3. The van der Waals surface area contributed by atoms with Crippen molar-refractivity contribution in [2.45, 2.75) is 25.0 Å². The molecule has 2 atom stereocenters. The lowest BCUT2D eigenvalue weighted by molar-refractivity contribution is 0.0299. The third-order valence-electron chi connectivity index (χ3n) is 6.28. The van der Waals surface area contributed by atoms with Crippen LogP contribution in [0.5, 0.6) is 0 Å². The maximum absolute atomic E-state index is 12.3. The molecule has 4 heterocycles. The van der Waals surface area contributed by atoms with Crippen molar-refractivity contribution in [2.24, 2.45) is 0 Å². The van der Waals surface area contributed by atoms with Crippen molar-refractivity contribution in [2.75, 3.05) is 59.8 Å². The van der Waals surface area contributed by atoms with E-state index in [2.05, 4.69) is 25.5 Å². The summed E-state index contributed by atoms with van der Waals surface area (Å²) in [5, 5.41) is 24.6. The first kappa shape index (κ1) is 24.8. The van der Waals surface area contributed by atoms with Gasteiger partial charge in [-0.25, -0.2) is 4.79 Å². The van der Waals surface area contributed by atoms with Gasteiger partial charge in [-0.05, 0) is 49.2 Å². The van der Waals surface area contributed by atoms with Crippen LogP contribution in [-0.2, 0) is 4.74 Å². The van der Waals surface area contributed by atoms with Crippen LogP contribution in [0.1, 0.15) is 12.8 Å². The number of morpholine rings is 1. The number of aliphatic hydroxyl groups is 2. The number of hydrogen-bond acceptors (Lipinski definition) is 10. The highest BCUT2D eigenvalue weighted by atomic mass is 16.5. The SMILES string of the molecule is O=C(Nc1ccc(-c2nc(N(CCO)CCO)nc(N3CC4CCC(C3)O4)n2)cc1)Nc1cccnc1. The van der Waals surface area contributed by atoms with Gasteiger partial charge in [-0.1, -0.05) is 0 Å². The number of ether oxygens (including phenoxy) is 1. The van der Waals surface area contributed by atoms with E-state index in [1.807, 2.05) is 12.1 Å². The molecule has 3 aromatic rings. The van der Waals surface area contributed by atoms with E-state index in [9.17, 15) is 15.0 Å². The fourth-order valence-corrected chi connectivity index (χ4v) is 4.53. The fourth-order valence-electron chi connectivity index (χ4n) is 4.53. The molecule has 2 aliphatic rings. The Bertz CT molecular complexity index is 1180. The number of carbonyl (C=O) groups excluding carboxylic acids is 1. The molecule has 0 radical (unpaired) electrons. The van der Waals surface area contributed by atoms with Gasteiger partial charge in [0, 0.05) is 43.6 Å². The second-order valence-electron chi connectivity index (χ2n) is 8.95. The Kier molecular flexibility index (Phi) is 7.68. The summed E-state index contributed by atoms with van der Waals surface area (Å²) in [6.45, 7) is 1.78. The first-order chi connectivity index (χ1) is 18.1. The molecule has 2 fully saturated rings. The average molecular weight is 507 g/mol. The third-order valence-corrected chi connectivity index (χ3v) is 6.28. The van der Waals surface area contributed by atoms with Crippen molar-refractivity contribution in [3.8, 4) is 11.4 Å². The minimum absolute atomic E-state index is 0.0977. The van der Waals surface area contributed by atoms with Gasteiger partial charge in [-0.15, -0.1) is 0 Å². The molecule has 194 valence electrons. The molecular formula is C25H30N8O4. The molecule has 12 heteroatoms. The number of hydrogen-bond donors (Lipinski definition) is 4. The molecule has 2 bridgehead atoms. The summed E-state index contributed by atoms with van der Waals surface area (Å²) in [6.07, 6.45) is 5.57. The predicted molar refractivity (Wildman–Crippen MR) is 139 cm³/mol. The van der Waals surface area contributed by atoms with E-state index in [0.29, 0.717) is 42.2 Å². The number of amides is 2. The molecule has 2 unspecified atom stereocenters. The van der Waals surface area contributed by atoms with Crippen LogP contribution in [-0.4, -0.2) is 87.8 Å². The van der Waals surface area contributed by atoms with Gasteiger partial charge in [0.25, 0.3) is 0 Å². The summed E-state index contributed by atoms with van der Waals surface area (Å²) >= 11 is 0. The van der Waals surface area contributed by atoms with E-state index in [1.54, 1.807) is 41.6 Å². The van der Waals surface area contributed by atoms with Gasteiger partial charge in [0.15, 0.2) is 5.82 Å². The summed E-state index contributed by atoms with van der Waals surface area (Å²) in [5.41, 5.74) is 1.94. The fraction of sp³-hybridized carbons (Fsp3) is 0.400. The van der Waals surface area contributed by atoms with Crippen LogP contribution in [0.2, 0.25) is 0 Å². The van der Waals surface area contributed by atoms with E-state index >= 15 is 0 Å². The molecular weight excluding hydrogens is 476 g/mol. The monoisotopic (exact) mass is 506 g/mol. The Hall–Kier alpha value is -3.87. The lowest BCUT2D eigenvalue weighted by Crippen LogP contribution is -2.44. The Morgan fingerprint density at radius 3 is 2.32 bits per heavy atom. The van der Waals surface area contributed by atoms with Crippen molar-refractivity contribution in [1.82, 2.24) is 19.9 Å². The summed E-state index contributed by atoms with van der Waals surface area (Å²) in [6, 6.07) is 10.3. The summed E-state index contributed by atoms with van der Waals surface area (Å²) in [7, 11) is 0. The van der Waals surface area contributed by atoms with Crippen molar-refractivity contribution < 1.29 is 19.7 Å². The molecule has 2 amide bonds. The highest BCUT2D eigenvalue weighted by Gasteiger charge is 2.35. The average Bonchev–Trinajstić information content (AvgIpc) is 3.26. The van der Waals surface area contributed by atoms with E-state index in [1.165, 1.54) is 0 Å². The molecule has 0 aliphatic carbocycles. The van der Waals surface area contributed by atoms with Crippen molar-refractivity contribution in [3.63, 3.8) is 0 Å². The van der Waals surface area contributed by atoms with Crippen LogP contribution in [0.15, 0.2) is 48.8 Å². The van der Waals surface area contributed by atoms with Crippen LogP contribution in [0.3, 0.4) is 0 Å². The van der Waals surface area contributed by atoms with E-state index in [4.69, 9.17) is 14.7 Å². The van der Waals surface area contributed by atoms with Gasteiger partial charge >= 0.3 is 6.03 Å².